The number of nitrogens with zero attached hydrogens (tertiary/aromatic N) is 1. The topological polar surface area (TPSA) is 81.5 Å². The Hall–Kier alpha value is -3.38. The molecule has 29 heavy (non-hydrogen) atoms. The minimum atomic E-state index is -0.481. The van der Waals surface area contributed by atoms with E-state index in [-0.39, 0.29) is 36.3 Å². The van der Waals surface area contributed by atoms with Gasteiger partial charge in [0.1, 0.15) is 5.75 Å². The number of para-hydroxylation sites is 1. The first kappa shape index (κ1) is 21.9. The van der Waals surface area contributed by atoms with Gasteiger partial charge in [-0.3, -0.25) is 14.9 Å². The van der Waals surface area contributed by atoms with Gasteiger partial charge in [-0.15, -0.1) is 12.4 Å². The molecule has 7 heteroatoms. The van der Waals surface area contributed by atoms with Crippen LogP contribution in [0.4, 0.5) is 11.4 Å². The van der Waals surface area contributed by atoms with E-state index in [1.807, 2.05) is 54.6 Å². The van der Waals surface area contributed by atoms with Gasteiger partial charge in [0.05, 0.1) is 18.1 Å². The zero-order valence-corrected chi connectivity index (χ0v) is 16.6. The molecule has 6 nitrogen and oxygen atoms in total. The maximum atomic E-state index is 12.8. The number of hydrogen-bond donors (Lipinski definition) is 1. The van der Waals surface area contributed by atoms with Crippen molar-refractivity contribution >= 4 is 29.6 Å². The van der Waals surface area contributed by atoms with Gasteiger partial charge in [-0.2, -0.15) is 0 Å². The Morgan fingerprint density at radius 1 is 1.00 bits per heavy atom. The molecule has 3 aromatic rings. The number of ether oxygens (including phenoxy) is 1. The quantitative estimate of drug-likeness (QED) is 0.302. The fourth-order valence-corrected chi connectivity index (χ4v) is 2.90. The van der Waals surface area contributed by atoms with Crippen molar-refractivity contribution in [3.8, 4) is 5.75 Å². The second kappa shape index (κ2) is 10.2. The zero-order chi connectivity index (χ0) is 19.9. The Kier molecular flexibility index (Phi) is 7.74. The molecular weight excluding hydrogens is 392 g/mol. The van der Waals surface area contributed by atoms with Gasteiger partial charge in [-0.05, 0) is 42.0 Å². The molecular formula is C22H21ClN2O4. The number of nitro benzene ring substituents is 1. The molecule has 0 fully saturated rings. The van der Waals surface area contributed by atoms with E-state index in [1.165, 1.54) is 24.3 Å². The van der Waals surface area contributed by atoms with Gasteiger partial charge in [-0.25, -0.2) is 0 Å². The zero-order valence-electron chi connectivity index (χ0n) is 15.8. The number of non-ortho nitro benzene ring substituents is 1. The van der Waals surface area contributed by atoms with Crippen LogP contribution in [0.2, 0.25) is 0 Å². The highest BCUT2D eigenvalue weighted by molar-refractivity contribution is 5.97. The molecule has 0 spiro atoms. The number of anilines is 1. The lowest BCUT2D eigenvalue weighted by atomic mass is 9.97. The summed E-state index contributed by atoms with van der Waals surface area (Å²) in [6.45, 7) is 0. The summed E-state index contributed by atoms with van der Waals surface area (Å²) in [5, 5.41) is 14.2. The number of carbonyl (C=O) groups is 1. The normalized spacial score (nSPS) is 11.1. The highest BCUT2D eigenvalue weighted by Crippen LogP contribution is 2.26. The molecule has 0 saturated heterocycles. The molecule has 0 heterocycles. The predicted molar refractivity (Wildman–Crippen MR) is 115 cm³/mol. The summed E-state index contributed by atoms with van der Waals surface area (Å²) in [7, 11) is 1.60. The van der Waals surface area contributed by atoms with Crippen molar-refractivity contribution < 1.29 is 14.5 Å². The number of hydrogen-bond acceptors (Lipinski definition) is 5. The summed E-state index contributed by atoms with van der Waals surface area (Å²) in [4.78, 5) is 23.1. The Labute approximate surface area is 175 Å². The van der Waals surface area contributed by atoms with E-state index in [9.17, 15) is 14.9 Å². The van der Waals surface area contributed by atoms with Gasteiger partial charge in [0, 0.05) is 29.8 Å². The molecule has 0 radical (unpaired) electrons. The molecule has 0 aromatic heterocycles. The summed E-state index contributed by atoms with van der Waals surface area (Å²) in [5.74, 6) is 0.642. The number of halogens is 1. The summed E-state index contributed by atoms with van der Waals surface area (Å²) in [6.07, 6.45) is 0.207. The molecule has 0 aliphatic rings. The van der Waals surface area contributed by atoms with E-state index >= 15 is 0 Å². The van der Waals surface area contributed by atoms with E-state index in [1.54, 1.807) is 7.11 Å². The molecule has 0 aliphatic heterocycles. The monoisotopic (exact) mass is 412 g/mol. The lowest BCUT2D eigenvalue weighted by Crippen LogP contribution is -2.16. The number of ketones is 1. The van der Waals surface area contributed by atoms with Gasteiger partial charge in [-0.1, -0.05) is 30.3 Å². The van der Waals surface area contributed by atoms with Gasteiger partial charge in [0.2, 0.25) is 0 Å². The summed E-state index contributed by atoms with van der Waals surface area (Å²) in [5.41, 5.74) is 2.25. The number of methoxy groups -OCH3 is 1. The molecule has 3 rings (SSSR count). The van der Waals surface area contributed by atoms with Crippen LogP contribution < -0.4 is 10.1 Å². The van der Waals surface area contributed by atoms with Gasteiger partial charge in [0.15, 0.2) is 5.78 Å². The predicted octanol–water partition coefficient (Wildman–Crippen LogP) is 5.45. The lowest BCUT2D eigenvalue weighted by Gasteiger charge is -2.20. The third kappa shape index (κ3) is 5.80. The Balaban J connectivity index is 0.00000300. The first-order valence-electron chi connectivity index (χ1n) is 8.80. The van der Waals surface area contributed by atoms with Crippen LogP contribution in [0.1, 0.15) is 28.4 Å². The number of Topliss-reactive ketones (excluding diaryl/α,β-unsaturated/α-hetero) is 1. The minimum Gasteiger partial charge on any atom is -0.497 e. The van der Waals surface area contributed by atoms with Crippen molar-refractivity contribution in [1.82, 2.24) is 0 Å². The van der Waals surface area contributed by atoms with Crippen LogP contribution in [-0.2, 0) is 0 Å². The molecule has 150 valence electrons. The minimum absolute atomic E-state index is 0. The first-order chi connectivity index (χ1) is 13.6. The van der Waals surface area contributed by atoms with Gasteiger partial charge >= 0.3 is 0 Å². The molecule has 0 amide bonds. The highest BCUT2D eigenvalue weighted by atomic mass is 35.5. The van der Waals surface area contributed by atoms with Crippen molar-refractivity contribution in [3.63, 3.8) is 0 Å². The molecule has 3 aromatic carbocycles. The number of nitro groups is 1. The average molecular weight is 413 g/mol. The maximum Gasteiger partial charge on any atom is 0.269 e. The summed E-state index contributed by atoms with van der Waals surface area (Å²) >= 11 is 0. The van der Waals surface area contributed by atoms with Crippen LogP contribution in [0.5, 0.6) is 5.75 Å². The Morgan fingerprint density at radius 2 is 1.62 bits per heavy atom. The van der Waals surface area contributed by atoms with E-state index in [2.05, 4.69) is 5.32 Å². The van der Waals surface area contributed by atoms with Crippen LogP contribution in [-0.4, -0.2) is 17.8 Å². The fraction of sp³-hybridized carbons (Fsp3) is 0.136. The van der Waals surface area contributed by atoms with Crippen LogP contribution >= 0.6 is 12.4 Å². The molecule has 1 unspecified atom stereocenters. The van der Waals surface area contributed by atoms with Gasteiger partial charge < -0.3 is 10.1 Å². The van der Waals surface area contributed by atoms with Crippen molar-refractivity contribution in [2.75, 3.05) is 12.4 Å². The van der Waals surface area contributed by atoms with Crippen molar-refractivity contribution in [1.29, 1.82) is 0 Å². The Bertz CT molecular complexity index is 945. The number of nitrogens with one attached hydrogen (secondary N) is 1. The highest BCUT2D eigenvalue weighted by Gasteiger charge is 2.18. The van der Waals surface area contributed by atoms with Crippen LogP contribution in [0, 0.1) is 10.1 Å². The first-order valence-corrected chi connectivity index (χ1v) is 8.80. The SMILES string of the molecule is COc1ccc(C(CC(=O)c2ccc([N+](=O)[O-])cc2)Nc2ccccc2)cc1.Cl. The van der Waals surface area contributed by atoms with Crippen molar-refractivity contribution in [2.45, 2.75) is 12.5 Å². The van der Waals surface area contributed by atoms with E-state index < -0.39 is 4.92 Å². The van der Waals surface area contributed by atoms with Gasteiger partial charge in [0.25, 0.3) is 5.69 Å². The van der Waals surface area contributed by atoms with E-state index in [0.717, 1.165) is 17.0 Å². The smallest absolute Gasteiger partial charge is 0.269 e. The number of carbonyl (C=O) groups excluding carboxylic acids is 1. The molecule has 0 aliphatic carbocycles. The fourth-order valence-electron chi connectivity index (χ4n) is 2.90. The third-order valence-electron chi connectivity index (χ3n) is 4.42. The van der Waals surface area contributed by atoms with Crippen LogP contribution in [0.3, 0.4) is 0 Å². The Morgan fingerprint density at radius 3 is 2.17 bits per heavy atom. The standard InChI is InChI=1S/C22H20N2O4.ClH/c1-28-20-13-9-16(10-14-20)21(23-18-5-3-2-4-6-18)15-22(25)17-7-11-19(12-8-17)24(26)27;/h2-14,21,23H,15H2,1H3;1H. The summed E-state index contributed by atoms with van der Waals surface area (Å²) < 4.78 is 5.21. The second-order valence-electron chi connectivity index (χ2n) is 6.27. The average Bonchev–Trinajstić information content (AvgIpc) is 2.74. The van der Waals surface area contributed by atoms with Crippen LogP contribution in [0.15, 0.2) is 78.9 Å². The summed E-state index contributed by atoms with van der Waals surface area (Å²) in [6, 6.07) is 22.6. The molecule has 0 saturated carbocycles. The number of benzene rings is 3. The molecule has 1 N–H and O–H groups in total. The largest absolute Gasteiger partial charge is 0.497 e. The van der Waals surface area contributed by atoms with E-state index in [4.69, 9.17) is 4.74 Å². The van der Waals surface area contributed by atoms with Crippen molar-refractivity contribution in [2.24, 2.45) is 0 Å². The maximum absolute atomic E-state index is 12.8. The van der Waals surface area contributed by atoms with Crippen molar-refractivity contribution in [3.05, 3.63) is 100 Å². The van der Waals surface area contributed by atoms with Crippen LogP contribution in [0.25, 0.3) is 0 Å². The third-order valence-corrected chi connectivity index (χ3v) is 4.42. The lowest BCUT2D eigenvalue weighted by molar-refractivity contribution is -0.384. The molecule has 1 atom stereocenters. The second-order valence-corrected chi connectivity index (χ2v) is 6.27. The van der Waals surface area contributed by atoms with E-state index in [0.29, 0.717) is 5.56 Å². The number of rotatable bonds is 8. The molecule has 0 bridgehead atoms.